The maximum atomic E-state index is 12.3. The van der Waals surface area contributed by atoms with Crippen molar-refractivity contribution in [1.29, 1.82) is 0 Å². The molecule has 2 aromatic carbocycles. The molecule has 1 heterocycles. The van der Waals surface area contributed by atoms with Gasteiger partial charge in [0.05, 0.1) is 20.8 Å². The summed E-state index contributed by atoms with van der Waals surface area (Å²) in [4.78, 5) is 24.3. The van der Waals surface area contributed by atoms with Gasteiger partial charge in [-0.15, -0.1) is 0 Å². The Kier molecular flexibility index (Phi) is 6.21. The van der Waals surface area contributed by atoms with Crippen molar-refractivity contribution < 1.29 is 28.5 Å². The number of ether oxygens (including phenoxy) is 4. The van der Waals surface area contributed by atoms with E-state index in [0.717, 1.165) is 5.56 Å². The molecule has 0 bridgehead atoms. The Bertz CT molecular complexity index is 846. The fourth-order valence-electron chi connectivity index (χ4n) is 2.66. The molecule has 0 spiro atoms. The van der Waals surface area contributed by atoms with Gasteiger partial charge in [-0.05, 0) is 29.8 Å². The molecule has 0 fully saturated rings. The second-order valence-electron chi connectivity index (χ2n) is 6.04. The molecule has 2 aromatic rings. The summed E-state index contributed by atoms with van der Waals surface area (Å²) in [6.45, 7) is 1.20. The highest BCUT2D eigenvalue weighted by molar-refractivity contribution is 5.97. The molecule has 0 saturated carbocycles. The number of rotatable bonds is 7. The minimum Gasteiger partial charge on any atom is -0.497 e. The monoisotopic (exact) mass is 386 g/mol. The second kappa shape index (κ2) is 8.98. The number of carbonyl (C=O) groups excluding carboxylic acids is 2. The van der Waals surface area contributed by atoms with Crippen molar-refractivity contribution >= 4 is 11.8 Å². The van der Waals surface area contributed by atoms with E-state index in [1.54, 1.807) is 18.2 Å². The normalized spacial score (nSPS) is 12.1. The van der Waals surface area contributed by atoms with Crippen LogP contribution in [-0.2, 0) is 11.3 Å². The Morgan fingerprint density at radius 1 is 0.929 bits per heavy atom. The first-order valence-corrected chi connectivity index (χ1v) is 8.75. The van der Waals surface area contributed by atoms with Crippen LogP contribution in [0, 0.1) is 0 Å². The van der Waals surface area contributed by atoms with Crippen molar-refractivity contribution in [2.75, 3.05) is 34.0 Å². The molecule has 0 radical (unpaired) electrons. The highest BCUT2D eigenvalue weighted by Crippen LogP contribution is 2.30. The number of nitrogens with one attached hydrogen (secondary N) is 2. The summed E-state index contributed by atoms with van der Waals surface area (Å²) in [7, 11) is 3.00. The molecule has 2 N–H and O–H groups in total. The van der Waals surface area contributed by atoms with Gasteiger partial charge in [-0.1, -0.05) is 6.07 Å². The van der Waals surface area contributed by atoms with E-state index in [1.165, 1.54) is 14.2 Å². The maximum absolute atomic E-state index is 12.3. The Morgan fingerprint density at radius 3 is 2.29 bits per heavy atom. The number of carbonyl (C=O) groups is 2. The zero-order valence-electron chi connectivity index (χ0n) is 15.7. The minimum absolute atomic E-state index is 0.150. The van der Waals surface area contributed by atoms with Gasteiger partial charge in [-0.3, -0.25) is 9.59 Å². The van der Waals surface area contributed by atoms with Crippen LogP contribution in [0.15, 0.2) is 36.4 Å². The van der Waals surface area contributed by atoms with Gasteiger partial charge in [-0.2, -0.15) is 0 Å². The third-order valence-electron chi connectivity index (χ3n) is 4.12. The molecule has 8 heteroatoms. The van der Waals surface area contributed by atoms with Gasteiger partial charge in [0.1, 0.15) is 24.7 Å². The predicted molar refractivity (Wildman–Crippen MR) is 101 cm³/mol. The molecule has 2 amide bonds. The van der Waals surface area contributed by atoms with E-state index in [4.69, 9.17) is 18.9 Å². The van der Waals surface area contributed by atoms with E-state index >= 15 is 0 Å². The van der Waals surface area contributed by atoms with Crippen molar-refractivity contribution in [3.63, 3.8) is 0 Å². The molecule has 3 rings (SSSR count). The maximum Gasteiger partial charge on any atom is 0.251 e. The van der Waals surface area contributed by atoms with Crippen molar-refractivity contribution in [1.82, 2.24) is 10.6 Å². The fourth-order valence-corrected chi connectivity index (χ4v) is 2.66. The Balaban J connectivity index is 1.51. The van der Waals surface area contributed by atoms with Crippen molar-refractivity contribution in [3.05, 3.63) is 47.5 Å². The van der Waals surface area contributed by atoms with Gasteiger partial charge in [0.2, 0.25) is 5.91 Å². The fraction of sp³-hybridized carbons (Fsp3) is 0.300. The molecule has 1 aliphatic heterocycles. The average Bonchev–Trinajstić information content (AvgIpc) is 2.75. The van der Waals surface area contributed by atoms with Crippen LogP contribution in [0.25, 0.3) is 0 Å². The van der Waals surface area contributed by atoms with E-state index in [2.05, 4.69) is 10.6 Å². The first-order chi connectivity index (χ1) is 13.6. The lowest BCUT2D eigenvalue weighted by Gasteiger charge is -2.19. The number of hydrogen-bond donors (Lipinski definition) is 2. The topological polar surface area (TPSA) is 95.1 Å². The number of benzene rings is 2. The molecule has 1 aliphatic rings. The number of methoxy groups -OCH3 is 2. The van der Waals surface area contributed by atoms with Crippen LogP contribution in [0.3, 0.4) is 0 Å². The number of hydrogen-bond acceptors (Lipinski definition) is 6. The summed E-state index contributed by atoms with van der Waals surface area (Å²) in [6.07, 6.45) is 0. The largest absolute Gasteiger partial charge is 0.497 e. The van der Waals surface area contributed by atoms with Crippen molar-refractivity contribution in [3.8, 4) is 23.0 Å². The lowest BCUT2D eigenvalue weighted by Crippen LogP contribution is -2.36. The quantitative estimate of drug-likeness (QED) is 0.749. The van der Waals surface area contributed by atoms with E-state index in [0.29, 0.717) is 48.3 Å². The second-order valence-corrected chi connectivity index (χ2v) is 6.04. The summed E-state index contributed by atoms with van der Waals surface area (Å²) in [6, 6.07) is 10.3. The lowest BCUT2D eigenvalue weighted by molar-refractivity contribution is -0.120. The van der Waals surface area contributed by atoms with E-state index in [-0.39, 0.29) is 12.5 Å². The van der Waals surface area contributed by atoms with Gasteiger partial charge in [0.15, 0.2) is 11.5 Å². The van der Waals surface area contributed by atoms with Crippen LogP contribution >= 0.6 is 0 Å². The summed E-state index contributed by atoms with van der Waals surface area (Å²) >= 11 is 0. The SMILES string of the molecule is COc1cc(OC)cc(C(=O)NCC(=O)NCc2ccc3c(c2)OCCO3)c1. The van der Waals surface area contributed by atoms with Gasteiger partial charge >= 0.3 is 0 Å². The van der Waals surface area contributed by atoms with Crippen LogP contribution < -0.4 is 29.6 Å². The lowest BCUT2D eigenvalue weighted by atomic mass is 10.2. The first kappa shape index (κ1) is 19.3. The molecular formula is C20H22N2O6. The molecule has 0 atom stereocenters. The van der Waals surface area contributed by atoms with Crippen LogP contribution in [0.5, 0.6) is 23.0 Å². The zero-order valence-corrected chi connectivity index (χ0v) is 15.7. The third kappa shape index (κ3) is 4.85. The zero-order chi connectivity index (χ0) is 19.9. The standard InChI is InChI=1S/C20H22N2O6/c1-25-15-8-14(9-16(10-15)26-2)20(24)22-12-19(23)21-11-13-3-4-17-18(7-13)28-6-5-27-17/h3-4,7-10H,5-6,11-12H2,1-2H3,(H,21,23)(H,22,24). The summed E-state index contributed by atoms with van der Waals surface area (Å²) in [5.74, 6) is 1.64. The highest BCUT2D eigenvalue weighted by Gasteiger charge is 2.13. The Labute approximate surface area is 162 Å². The molecule has 0 unspecified atom stereocenters. The molecule has 0 saturated heterocycles. The molecular weight excluding hydrogens is 364 g/mol. The molecule has 28 heavy (non-hydrogen) atoms. The molecule has 148 valence electrons. The summed E-state index contributed by atoms with van der Waals surface area (Å²) in [5, 5.41) is 5.34. The summed E-state index contributed by atoms with van der Waals surface area (Å²) < 4.78 is 21.3. The Hall–Kier alpha value is -3.42. The molecule has 0 aliphatic carbocycles. The average molecular weight is 386 g/mol. The summed E-state index contributed by atoms with van der Waals surface area (Å²) in [5.41, 5.74) is 1.22. The van der Waals surface area contributed by atoms with Crippen LogP contribution in [0.1, 0.15) is 15.9 Å². The van der Waals surface area contributed by atoms with E-state index < -0.39 is 5.91 Å². The first-order valence-electron chi connectivity index (χ1n) is 8.75. The van der Waals surface area contributed by atoms with Crippen LogP contribution in [0.2, 0.25) is 0 Å². The van der Waals surface area contributed by atoms with E-state index in [9.17, 15) is 9.59 Å². The van der Waals surface area contributed by atoms with Crippen molar-refractivity contribution in [2.45, 2.75) is 6.54 Å². The Morgan fingerprint density at radius 2 is 1.61 bits per heavy atom. The molecule has 8 nitrogen and oxygen atoms in total. The van der Waals surface area contributed by atoms with Crippen molar-refractivity contribution in [2.24, 2.45) is 0 Å². The van der Waals surface area contributed by atoms with Gasteiger partial charge in [0, 0.05) is 18.2 Å². The number of amides is 2. The third-order valence-corrected chi connectivity index (χ3v) is 4.12. The highest BCUT2D eigenvalue weighted by atomic mass is 16.6. The minimum atomic E-state index is -0.397. The van der Waals surface area contributed by atoms with Gasteiger partial charge < -0.3 is 29.6 Å². The van der Waals surface area contributed by atoms with Crippen LogP contribution in [0.4, 0.5) is 0 Å². The number of fused-ring (bicyclic) bond motifs is 1. The van der Waals surface area contributed by atoms with Gasteiger partial charge in [-0.25, -0.2) is 0 Å². The predicted octanol–water partition coefficient (Wildman–Crippen LogP) is 1.52. The van der Waals surface area contributed by atoms with Crippen LogP contribution in [-0.4, -0.2) is 45.8 Å². The van der Waals surface area contributed by atoms with E-state index in [1.807, 2.05) is 18.2 Å². The van der Waals surface area contributed by atoms with Gasteiger partial charge in [0.25, 0.3) is 5.91 Å². The smallest absolute Gasteiger partial charge is 0.251 e. The molecule has 0 aromatic heterocycles.